The number of aromatic amines is 1. The Labute approximate surface area is 198 Å². The van der Waals surface area contributed by atoms with E-state index in [0.717, 1.165) is 39.2 Å². The highest BCUT2D eigenvalue weighted by molar-refractivity contribution is 6.02. The highest BCUT2D eigenvalue weighted by atomic mass is 16.5. The summed E-state index contributed by atoms with van der Waals surface area (Å²) in [5.74, 6) is 2.52. The second-order valence-electron chi connectivity index (χ2n) is 7.66. The molecule has 1 aromatic heterocycles. The first-order valence-corrected chi connectivity index (χ1v) is 11.0. The topological polar surface area (TPSA) is 85.5 Å². The second kappa shape index (κ2) is 10.1. The van der Waals surface area contributed by atoms with Crippen LogP contribution < -0.4 is 19.5 Å². The largest absolute Gasteiger partial charge is 0.494 e. The van der Waals surface area contributed by atoms with E-state index < -0.39 is 0 Å². The van der Waals surface area contributed by atoms with E-state index in [9.17, 15) is 4.79 Å². The molecule has 2 N–H and O–H groups in total. The summed E-state index contributed by atoms with van der Waals surface area (Å²) in [4.78, 5) is 20.6. The number of hydrogen-bond acceptors (Lipinski definition) is 5. The molecule has 4 rings (SSSR count). The number of carbonyl (C=O) groups excluding carboxylic acids is 1. The number of hydrogen-bond donors (Lipinski definition) is 2. The molecule has 1 amide bonds. The number of nitrogens with one attached hydrogen (secondary N) is 2. The Morgan fingerprint density at radius 1 is 1.03 bits per heavy atom. The zero-order valence-corrected chi connectivity index (χ0v) is 19.6. The number of carbonyl (C=O) groups is 1. The fraction of sp³-hybridized carbons (Fsp3) is 0.185. The number of anilines is 1. The van der Waals surface area contributed by atoms with Gasteiger partial charge in [-0.15, -0.1) is 0 Å². The van der Waals surface area contributed by atoms with Gasteiger partial charge in [-0.2, -0.15) is 0 Å². The van der Waals surface area contributed by atoms with Gasteiger partial charge in [-0.3, -0.25) is 4.79 Å². The summed E-state index contributed by atoms with van der Waals surface area (Å²) in [6.07, 6.45) is 3.28. The number of aryl methyl sites for hydroxylation is 1. The third kappa shape index (κ3) is 5.04. The fourth-order valence-electron chi connectivity index (χ4n) is 3.57. The molecule has 0 fully saturated rings. The number of ether oxygens (including phenoxy) is 3. The molecule has 0 aliphatic heterocycles. The van der Waals surface area contributed by atoms with E-state index in [4.69, 9.17) is 14.2 Å². The number of benzene rings is 3. The maximum absolute atomic E-state index is 12.6. The van der Waals surface area contributed by atoms with Crippen molar-refractivity contribution in [2.75, 3.05) is 26.1 Å². The van der Waals surface area contributed by atoms with Crippen LogP contribution in [0.5, 0.6) is 17.2 Å². The van der Waals surface area contributed by atoms with Crippen LogP contribution in [-0.4, -0.2) is 36.7 Å². The monoisotopic (exact) mass is 457 g/mol. The van der Waals surface area contributed by atoms with Crippen molar-refractivity contribution in [2.45, 2.75) is 13.8 Å². The predicted octanol–water partition coefficient (Wildman–Crippen LogP) is 5.61. The van der Waals surface area contributed by atoms with Gasteiger partial charge in [-0.1, -0.05) is 24.3 Å². The number of methoxy groups -OCH3 is 2. The van der Waals surface area contributed by atoms with Gasteiger partial charge < -0.3 is 24.5 Å². The summed E-state index contributed by atoms with van der Waals surface area (Å²) in [5.41, 5.74) is 5.03. The third-order valence-electron chi connectivity index (χ3n) is 5.37. The second-order valence-corrected chi connectivity index (χ2v) is 7.66. The molecule has 0 unspecified atom stereocenters. The molecule has 0 bridgehead atoms. The number of imidazole rings is 1. The van der Waals surface area contributed by atoms with Gasteiger partial charge in [-0.25, -0.2) is 4.98 Å². The molecule has 34 heavy (non-hydrogen) atoms. The van der Waals surface area contributed by atoms with Gasteiger partial charge in [0, 0.05) is 29.5 Å². The molecule has 0 aliphatic rings. The van der Waals surface area contributed by atoms with Crippen LogP contribution in [0.15, 0.2) is 60.7 Å². The molecular formula is C27H27N3O4. The number of aromatic nitrogens is 2. The van der Waals surface area contributed by atoms with Crippen molar-refractivity contribution < 1.29 is 19.0 Å². The average molecular weight is 458 g/mol. The molecule has 0 spiro atoms. The van der Waals surface area contributed by atoms with Crippen molar-refractivity contribution in [3.8, 4) is 28.6 Å². The molecule has 4 aromatic rings. The van der Waals surface area contributed by atoms with Crippen LogP contribution in [0.4, 0.5) is 5.69 Å². The number of amides is 1. The number of H-pyrrole nitrogens is 1. The van der Waals surface area contributed by atoms with Crippen molar-refractivity contribution in [1.82, 2.24) is 9.97 Å². The maximum Gasteiger partial charge on any atom is 0.248 e. The van der Waals surface area contributed by atoms with E-state index in [1.165, 1.54) is 6.08 Å². The molecule has 3 aromatic carbocycles. The lowest BCUT2D eigenvalue weighted by Gasteiger charge is -2.08. The molecule has 1 heterocycles. The molecule has 0 aliphatic carbocycles. The van der Waals surface area contributed by atoms with Crippen LogP contribution >= 0.6 is 0 Å². The summed E-state index contributed by atoms with van der Waals surface area (Å²) in [7, 11) is 3.19. The molecule has 0 saturated heterocycles. The van der Waals surface area contributed by atoms with Gasteiger partial charge in [0.15, 0.2) is 11.5 Å². The van der Waals surface area contributed by atoms with Gasteiger partial charge in [0.2, 0.25) is 5.91 Å². The predicted molar refractivity (Wildman–Crippen MR) is 135 cm³/mol. The highest BCUT2D eigenvalue weighted by Gasteiger charge is 2.12. The molecule has 7 nitrogen and oxygen atoms in total. The Morgan fingerprint density at radius 2 is 1.76 bits per heavy atom. The van der Waals surface area contributed by atoms with Crippen LogP contribution in [0, 0.1) is 6.92 Å². The van der Waals surface area contributed by atoms with Crippen molar-refractivity contribution in [1.29, 1.82) is 0 Å². The first kappa shape index (κ1) is 22.9. The van der Waals surface area contributed by atoms with E-state index >= 15 is 0 Å². The lowest BCUT2D eigenvalue weighted by Crippen LogP contribution is -2.09. The van der Waals surface area contributed by atoms with Crippen molar-refractivity contribution in [3.05, 3.63) is 71.8 Å². The lowest BCUT2D eigenvalue weighted by molar-refractivity contribution is -0.111. The SMILES string of the molecule is CCOc1ccc(/C=C/C(=O)Nc2cc(-c3nc4cc(OC)c(OC)cc4[nH]3)ccc2C)cc1. The summed E-state index contributed by atoms with van der Waals surface area (Å²) in [6.45, 7) is 4.51. The van der Waals surface area contributed by atoms with E-state index in [1.807, 2.05) is 68.4 Å². The Morgan fingerprint density at radius 3 is 2.47 bits per heavy atom. The number of nitrogens with zero attached hydrogens (tertiary/aromatic N) is 1. The van der Waals surface area contributed by atoms with Gasteiger partial charge in [-0.05, 0) is 49.2 Å². The lowest BCUT2D eigenvalue weighted by atomic mass is 10.1. The first-order valence-electron chi connectivity index (χ1n) is 11.0. The summed E-state index contributed by atoms with van der Waals surface area (Å²) in [5, 5.41) is 2.96. The minimum atomic E-state index is -0.215. The molecule has 0 saturated carbocycles. The molecular weight excluding hydrogens is 430 g/mol. The van der Waals surface area contributed by atoms with Gasteiger partial charge in [0.25, 0.3) is 0 Å². The van der Waals surface area contributed by atoms with Crippen LogP contribution in [0.2, 0.25) is 0 Å². The van der Waals surface area contributed by atoms with E-state index in [1.54, 1.807) is 20.3 Å². The summed E-state index contributed by atoms with van der Waals surface area (Å²) in [6, 6.07) is 17.1. The van der Waals surface area contributed by atoms with E-state index in [-0.39, 0.29) is 5.91 Å². The standard InChI is InChI=1S/C27H27N3O4/c1-5-34-20-11-7-18(8-12-20)9-13-26(31)28-21-14-19(10-6-17(21)2)27-29-22-15-24(32-3)25(33-4)16-23(22)30-27/h6-16H,5H2,1-4H3,(H,28,31)(H,29,30)/b13-9+. The van der Waals surface area contributed by atoms with Crippen molar-refractivity contribution in [3.63, 3.8) is 0 Å². The minimum absolute atomic E-state index is 0.215. The van der Waals surface area contributed by atoms with E-state index in [2.05, 4.69) is 15.3 Å². The Balaban J connectivity index is 1.53. The van der Waals surface area contributed by atoms with Gasteiger partial charge in [0.05, 0.1) is 31.9 Å². The zero-order valence-electron chi connectivity index (χ0n) is 19.6. The molecule has 0 atom stereocenters. The average Bonchev–Trinajstić information content (AvgIpc) is 3.27. The van der Waals surface area contributed by atoms with Crippen LogP contribution in [-0.2, 0) is 4.79 Å². The van der Waals surface area contributed by atoms with Gasteiger partial charge in [0.1, 0.15) is 11.6 Å². The maximum atomic E-state index is 12.6. The normalized spacial score (nSPS) is 11.1. The quantitative estimate of drug-likeness (QED) is 0.336. The molecule has 0 radical (unpaired) electrons. The third-order valence-corrected chi connectivity index (χ3v) is 5.37. The number of rotatable bonds is 8. The zero-order chi connectivity index (χ0) is 24.1. The summed E-state index contributed by atoms with van der Waals surface area (Å²) < 4.78 is 16.2. The van der Waals surface area contributed by atoms with Crippen molar-refractivity contribution in [2.24, 2.45) is 0 Å². The van der Waals surface area contributed by atoms with E-state index in [0.29, 0.717) is 23.9 Å². The van der Waals surface area contributed by atoms with Crippen LogP contribution in [0.1, 0.15) is 18.1 Å². The molecule has 7 heteroatoms. The highest BCUT2D eigenvalue weighted by Crippen LogP contribution is 2.33. The Hall–Kier alpha value is -4.26. The smallest absolute Gasteiger partial charge is 0.248 e. The minimum Gasteiger partial charge on any atom is -0.494 e. The molecule has 174 valence electrons. The first-order chi connectivity index (χ1) is 16.5. The Kier molecular flexibility index (Phi) is 6.82. The van der Waals surface area contributed by atoms with Crippen molar-refractivity contribution >= 4 is 28.7 Å². The fourth-order valence-corrected chi connectivity index (χ4v) is 3.57. The number of fused-ring (bicyclic) bond motifs is 1. The van der Waals surface area contributed by atoms with Gasteiger partial charge >= 0.3 is 0 Å². The Bertz CT molecular complexity index is 1300. The van der Waals surface area contributed by atoms with Crippen LogP contribution in [0.25, 0.3) is 28.5 Å². The van der Waals surface area contributed by atoms with Crippen LogP contribution in [0.3, 0.4) is 0 Å². The summed E-state index contributed by atoms with van der Waals surface area (Å²) >= 11 is 0.